The second-order valence-electron chi connectivity index (χ2n) is 4.63. The van der Waals surface area contributed by atoms with E-state index in [2.05, 4.69) is 0 Å². The first-order chi connectivity index (χ1) is 9.45. The summed E-state index contributed by atoms with van der Waals surface area (Å²) in [5, 5.41) is 10.7. The third kappa shape index (κ3) is 3.32. The third-order valence-corrected chi connectivity index (χ3v) is 2.89. The first kappa shape index (κ1) is 14.0. The maximum atomic E-state index is 13.3. The Balaban J connectivity index is 2.18. The fraction of sp³-hybridized carbons (Fsp3) is 0.200. The third-order valence-electron chi connectivity index (χ3n) is 2.89. The monoisotopic (exact) mass is 275 g/mol. The summed E-state index contributed by atoms with van der Waals surface area (Å²) >= 11 is 0. The van der Waals surface area contributed by atoms with Gasteiger partial charge in [-0.05, 0) is 42.7 Å². The Morgan fingerprint density at radius 1 is 1.20 bits per heavy atom. The SMILES string of the molecule is Cc1ccc(C)c(OCc2cc(F)cc([N+](=O)[O-])c2)c1. The van der Waals surface area contributed by atoms with Gasteiger partial charge in [-0.3, -0.25) is 10.1 Å². The van der Waals surface area contributed by atoms with Gasteiger partial charge in [-0.25, -0.2) is 4.39 Å². The lowest BCUT2D eigenvalue weighted by molar-refractivity contribution is -0.385. The van der Waals surface area contributed by atoms with Crippen LogP contribution in [0.3, 0.4) is 0 Å². The van der Waals surface area contributed by atoms with Gasteiger partial charge in [-0.1, -0.05) is 12.1 Å². The molecule has 0 aromatic heterocycles. The number of hydrogen-bond donors (Lipinski definition) is 0. The maximum absolute atomic E-state index is 13.3. The molecule has 0 atom stereocenters. The Kier molecular flexibility index (Phi) is 3.98. The van der Waals surface area contributed by atoms with Crippen LogP contribution in [-0.4, -0.2) is 4.92 Å². The van der Waals surface area contributed by atoms with E-state index in [4.69, 9.17) is 4.74 Å². The molecule has 2 aromatic rings. The van der Waals surface area contributed by atoms with Crippen LogP contribution in [0, 0.1) is 29.8 Å². The highest BCUT2D eigenvalue weighted by molar-refractivity contribution is 5.38. The number of nitro groups is 1. The fourth-order valence-electron chi connectivity index (χ4n) is 1.85. The van der Waals surface area contributed by atoms with Crippen LogP contribution >= 0.6 is 0 Å². The van der Waals surface area contributed by atoms with Crippen molar-refractivity contribution in [2.75, 3.05) is 0 Å². The Morgan fingerprint density at radius 2 is 1.95 bits per heavy atom. The first-order valence-electron chi connectivity index (χ1n) is 6.09. The second-order valence-corrected chi connectivity index (χ2v) is 4.63. The Labute approximate surface area is 116 Å². The van der Waals surface area contributed by atoms with Gasteiger partial charge in [0.25, 0.3) is 5.69 Å². The summed E-state index contributed by atoms with van der Waals surface area (Å²) in [7, 11) is 0. The first-order valence-corrected chi connectivity index (χ1v) is 6.09. The lowest BCUT2D eigenvalue weighted by Crippen LogP contribution is -1.99. The van der Waals surface area contributed by atoms with Crippen molar-refractivity contribution in [2.24, 2.45) is 0 Å². The molecule has 0 spiro atoms. The van der Waals surface area contributed by atoms with E-state index in [-0.39, 0.29) is 12.3 Å². The average molecular weight is 275 g/mol. The van der Waals surface area contributed by atoms with Gasteiger partial charge in [0, 0.05) is 6.07 Å². The molecule has 20 heavy (non-hydrogen) atoms. The lowest BCUT2D eigenvalue weighted by Gasteiger charge is -2.10. The largest absolute Gasteiger partial charge is 0.489 e. The summed E-state index contributed by atoms with van der Waals surface area (Å²) in [6.07, 6.45) is 0. The zero-order valence-electron chi connectivity index (χ0n) is 11.2. The fourth-order valence-corrected chi connectivity index (χ4v) is 1.85. The number of nitrogens with zero attached hydrogens (tertiary/aromatic N) is 1. The quantitative estimate of drug-likeness (QED) is 0.627. The van der Waals surface area contributed by atoms with E-state index in [0.29, 0.717) is 11.3 Å². The highest BCUT2D eigenvalue weighted by Gasteiger charge is 2.10. The normalized spacial score (nSPS) is 10.3. The van der Waals surface area contributed by atoms with Crippen molar-refractivity contribution in [3.63, 3.8) is 0 Å². The van der Waals surface area contributed by atoms with Gasteiger partial charge >= 0.3 is 0 Å². The standard InChI is InChI=1S/C15H14FNO3/c1-10-3-4-11(2)15(5-10)20-9-12-6-13(16)8-14(7-12)17(18)19/h3-8H,9H2,1-2H3. The minimum atomic E-state index is -0.640. The van der Waals surface area contributed by atoms with E-state index in [9.17, 15) is 14.5 Å². The van der Waals surface area contributed by atoms with E-state index in [1.165, 1.54) is 12.1 Å². The van der Waals surface area contributed by atoms with Crippen molar-refractivity contribution in [3.05, 3.63) is 69.0 Å². The van der Waals surface area contributed by atoms with Gasteiger partial charge in [0.1, 0.15) is 18.2 Å². The van der Waals surface area contributed by atoms with Crippen molar-refractivity contribution >= 4 is 5.69 Å². The van der Waals surface area contributed by atoms with E-state index in [1.54, 1.807) is 0 Å². The highest BCUT2D eigenvalue weighted by Crippen LogP contribution is 2.22. The van der Waals surface area contributed by atoms with Crippen LogP contribution in [0.15, 0.2) is 36.4 Å². The number of halogens is 1. The molecule has 5 heteroatoms. The van der Waals surface area contributed by atoms with Crippen molar-refractivity contribution in [2.45, 2.75) is 20.5 Å². The molecule has 0 N–H and O–H groups in total. The molecule has 4 nitrogen and oxygen atoms in total. The number of aryl methyl sites for hydroxylation is 2. The number of nitro benzene ring substituents is 1. The highest BCUT2D eigenvalue weighted by atomic mass is 19.1. The zero-order chi connectivity index (χ0) is 14.7. The maximum Gasteiger partial charge on any atom is 0.272 e. The molecular weight excluding hydrogens is 261 g/mol. The minimum absolute atomic E-state index is 0.0862. The molecule has 0 radical (unpaired) electrons. The number of ether oxygens (including phenoxy) is 1. The van der Waals surface area contributed by atoms with E-state index < -0.39 is 10.7 Å². The molecule has 2 aromatic carbocycles. The molecule has 0 aliphatic rings. The van der Waals surface area contributed by atoms with E-state index in [0.717, 1.165) is 17.2 Å². The van der Waals surface area contributed by atoms with Gasteiger partial charge in [-0.2, -0.15) is 0 Å². The van der Waals surface area contributed by atoms with Crippen molar-refractivity contribution in [1.29, 1.82) is 0 Å². The zero-order valence-corrected chi connectivity index (χ0v) is 11.2. The van der Waals surface area contributed by atoms with Crippen LogP contribution in [0.5, 0.6) is 5.75 Å². The summed E-state index contributed by atoms with van der Waals surface area (Å²) < 4.78 is 18.9. The Hall–Kier alpha value is -2.43. The van der Waals surface area contributed by atoms with Crippen LogP contribution < -0.4 is 4.74 Å². The number of rotatable bonds is 4. The Morgan fingerprint density at radius 3 is 2.65 bits per heavy atom. The van der Waals surface area contributed by atoms with Crippen molar-refractivity contribution in [1.82, 2.24) is 0 Å². The minimum Gasteiger partial charge on any atom is -0.489 e. The molecular formula is C15H14FNO3. The molecule has 0 heterocycles. The average Bonchev–Trinajstić information content (AvgIpc) is 2.39. The molecule has 0 bridgehead atoms. The lowest BCUT2D eigenvalue weighted by atomic mass is 10.1. The van der Waals surface area contributed by atoms with Gasteiger partial charge < -0.3 is 4.74 Å². The Bertz CT molecular complexity index is 656. The molecule has 0 fully saturated rings. The van der Waals surface area contributed by atoms with Crippen LogP contribution in [-0.2, 0) is 6.61 Å². The molecule has 104 valence electrons. The van der Waals surface area contributed by atoms with Crippen LogP contribution in [0.25, 0.3) is 0 Å². The molecule has 0 aliphatic heterocycles. The number of benzene rings is 2. The summed E-state index contributed by atoms with van der Waals surface area (Å²) in [5.74, 6) is 0.0516. The topological polar surface area (TPSA) is 52.4 Å². The van der Waals surface area contributed by atoms with Crippen LogP contribution in [0.2, 0.25) is 0 Å². The van der Waals surface area contributed by atoms with E-state index >= 15 is 0 Å². The van der Waals surface area contributed by atoms with Crippen molar-refractivity contribution < 1.29 is 14.1 Å². The summed E-state index contributed by atoms with van der Waals surface area (Å²) in [6.45, 7) is 3.94. The summed E-state index contributed by atoms with van der Waals surface area (Å²) in [6, 6.07) is 9.21. The summed E-state index contributed by atoms with van der Waals surface area (Å²) in [4.78, 5) is 10.1. The van der Waals surface area contributed by atoms with Gasteiger partial charge in [0.2, 0.25) is 0 Å². The van der Waals surface area contributed by atoms with Gasteiger partial charge in [-0.15, -0.1) is 0 Å². The molecule has 0 amide bonds. The van der Waals surface area contributed by atoms with Crippen LogP contribution in [0.4, 0.5) is 10.1 Å². The molecule has 0 saturated carbocycles. The molecule has 0 aliphatic carbocycles. The van der Waals surface area contributed by atoms with Crippen molar-refractivity contribution in [3.8, 4) is 5.75 Å². The molecule has 0 saturated heterocycles. The summed E-state index contributed by atoms with van der Waals surface area (Å²) in [5.41, 5.74) is 2.17. The predicted molar refractivity (Wildman–Crippen MR) is 73.3 cm³/mol. The number of hydrogen-bond acceptors (Lipinski definition) is 3. The van der Waals surface area contributed by atoms with Crippen LogP contribution in [0.1, 0.15) is 16.7 Å². The number of non-ortho nitro benzene ring substituents is 1. The van der Waals surface area contributed by atoms with Gasteiger partial charge in [0.15, 0.2) is 0 Å². The second kappa shape index (κ2) is 5.69. The predicted octanol–water partition coefficient (Wildman–Crippen LogP) is 3.93. The van der Waals surface area contributed by atoms with Gasteiger partial charge in [0.05, 0.1) is 11.0 Å². The van der Waals surface area contributed by atoms with E-state index in [1.807, 2.05) is 32.0 Å². The smallest absolute Gasteiger partial charge is 0.272 e. The molecule has 2 rings (SSSR count). The molecule has 0 unspecified atom stereocenters.